The van der Waals surface area contributed by atoms with Crippen LogP contribution in [0.4, 0.5) is 15.8 Å². The van der Waals surface area contributed by atoms with Crippen LogP contribution in [0, 0.1) is 5.82 Å². The maximum Gasteiger partial charge on any atom is 0.237 e. The maximum absolute atomic E-state index is 13.0. The van der Waals surface area contributed by atoms with Gasteiger partial charge in [0.25, 0.3) is 0 Å². The molecule has 2 aromatic carbocycles. The molecule has 1 atom stereocenters. The van der Waals surface area contributed by atoms with Gasteiger partial charge in [0.1, 0.15) is 5.82 Å². The van der Waals surface area contributed by atoms with Crippen molar-refractivity contribution in [3.8, 4) is 0 Å². The number of rotatable bonds is 5. The van der Waals surface area contributed by atoms with E-state index in [0.717, 1.165) is 11.0 Å². The molecule has 0 saturated carbocycles. The van der Waals surface area contributed by atoms with Gasteiger partial charge in [-0.2, -0.15) is 0 Å². The molecule has 0 aliphatic carbocycles. The van der Waals surface area contributed by atoms with E-state index in [1.54, 1.807) is 19.1 Å². The number of benzene rings is 2. The van der Waals surface area contributed by atoms with Crippen LogP contribution >= 0.6 is 23.4 Å². The Morgan fingerprint density at radius 3 is 2.38 bits per heavy atom. The molecule has 2 aromatic rings. The average molecular weight is 367 g/mol. The van der Waals surface area contributed by atoms with E-state index >= 15 is 0 Å². The fourth-order valence-electron chi connectivity index (χ4n) is 1.90. The summed E-state index contributed by atoms with van der Waals surface area (Å²) < 4.78 is 13.0. The lowest BCUT2D eigenvalue weighted by Crippen LogP contribution is -2.22. The quantitative estimate of drug-likeness (QED) is 0.763. The molecule has 0 aliphatic heterocycles. The SMILES string of the molecule is CC(=O)Nc1ccc(S[C@@H](C)C(=O)Nc2ccc(F)cc2Cl)cc1. The zero-order valence-corrected chi connectivity index (χ0v) is 14.7. The summed E-state index contributed by atoms with van der Waals surface area (Å²) in [5.41, 5.74) is 1.07. The molecule has 0 aromatic heterocycles. The summed E-state index contributed by atoms with van der Waals surface area (Å²) >= 11 is 7.27. The summed E-state index contributed by atoms with van der Waals surface area (Å²) in [6, 6.07) is 11.0. The van der Waals surface area contributed by atoms with Crippen LogP contribution in [0.2, 0.25) is 5.02 Å². The van der Waals surface area contributed by atoms with Crippen molar-refractivity contribution in [1.29, 1.82) is 0 Å². The van der Waals surface area contributed by atoms with Crippen LogP contribution in [-0.2, 0) is 9.59 Å². The van der Waals surface area contributed by atoms with E-state index < -0.39 is 5.82 Å². The Bertz CT molecular complexity index is 753. The highest BCUT2D eigenvalue weighted by atomic mass is 35.5. The highest BCUT2D eigenvalue weighted by molar-refractivity contribution is 8.00. The lowest BCUT2D eigenvalue weighted by atomic mass is 10.3. The van der Waals surface area contributed by atoms with Crippen LogP contribution in [0.15, 0.2) is 47.4 Å². The molecule has 0 unspecified atom stereocenters. The molecule has 24 heavy (non-hydrogen) atoms. The van der Waals surface area contributed by atoms with E-state index in [1.165, 1.54) is 30.8 Å². The second kappa shape index (κ2) is 8.17. The number of halogens is 2. The van der Waals surface area contributed by atoms with Crippen molar-refractivity contribution in [2.45, 2.75) is 24.0 Å². The van der Waals surface area contributed by atoms with Gasteiger partial charge in [0.05, 0.1) is 16.0 Å². The van der Waals surface area contributed by atoms with Crippen molar-refractivity contribution < 1.29 is 14.0 Å². The van der Waals surface area contributed by atoms with Crippen LogP contribution < -0.4 is 10.6 Å². The molecular formula is C17H16ClFN2O2S. The zero-order valence-electron chi connectivity index (χ0n) is 13.1. The van der Waals surface area contributed by atoms with Gasteiger partial charge in [-0.05, 0) is 49.4 Å². The summed E-state index contributed by atoms with van der Waals surface area (Å²) in [6.07, 6.45) is 0. The van der Waals surface area contributed by atoms with Crippen molar-refractivity contribution in [2.75, 3.05) is 10.6 Å². The Hall–Kier alpha value is -2.05. The molecule has 7 heteroatoms. The number of carbonyl (C=O) groups excluding carboxylic acids is 2. The summed E-state index contributed by atoms with van der Waals surface area (Å²) in [7, 11) is 0. The minimum atomic E-state index is -0.459. The molecule has 2 N–H and O–H groups in total. The Labute approximate surface area is 148 Å². The molecule has 0 aliphatic rings. The molecule has 0 fully saturated rings. The van der Waals surface area contributed by atoms with E-state index in [0.29, 0.717) is 11.4 Å². The van der Waals surface area contributed by atoms with Gasteiger partial charge in [0.2, 0.25) is 11.8 Å². The Kier molecular flexibility index (Phi) is 6.23. The zero-order chi connectivity index (χ0) is 17.7. The van der Waals surface area contributed by atoms with Crippen molar-refractivity contribution in [1.82, 2.24) is 0 Å². The predicted octanol–water partition coefficient (Wildman–Crippen LogP) is 4.56. The van der Waals surface area contributed by atoms with Gasteiger partial charge in [0, 0.05) is 17.5 Å². The van der Waals surface area contributed by atoms with Crippen molar-refractivity contribution >= 4 is 46.6 Å². The molecule has 126 valence electrons. The highest BCUT2D eigenvalue weighted by Crippen LogP contribution is 2.27. The molecule has 0 saturated heterocycles. The Balaban J connectivity index is 1.97. The number of carbonyl (C=O) groups is 2. The molecule has 0 heterocycles. The molecule has 0 bridgehead atoms. The van der Waals surface area contributed by atoms with Crippen LogP contribution in [0.25, 0.3) is 0 Å². The van der Waals surface area contributed by atoms with Crippen molar-refractivity contribution in [3.63, 3.8) is 0 Å². The first-order chi connectivity index (χ1) is 11.3. The Morgan fingerprint density at radius 1 is 1.12 bits per heavy atom. The third-order valence-corrected chi connectivity index (χ3v) is 4.47. The van der Waals surface area contributed by atoms with Crippen LogP contribution in [0.1, 0.15) is 13.8 Å². The smallest absolute Gasteiger partial charge is 0.237 e. The maximum atomic E-state index is 13.0. The number of hydrogen-bond acceptors (Lipinski definition) is 3. The van der Waals surface area contributed by atoms with Crippen LogP contribution in [0.3, 0.4) is 0 Å². The summed E-state index contributed by atoms with van der Waals surface area (Å²) in [4.78, 5) is 24.1. The number of hydrogen-bond donors (Lipinski definition) is 2. The second-order valence-corrected chi connectivity index (χ2v) is 6.90. The number of amides is 2. The first kappa shape index (κ1) is 18.3. The van der Waals surface area contributed by atoms with Gasteiger partial charge in [-0.3, -0.25) is 9.59 Å². The van der Waals surface area contributed by atoms with E-state index in [1.807, 2.05) is 12.1 Å². The largest absolute Gasteiger partial charge is 0.326 e. The second-order valence-electron chi connectivity index (χ2n) is 5.08. The third-order valence-electron chi connectivity index (χ3n) is 3.05. The molecule has 0 radical (unpaired) electrons. The minimum Gasteiger partial charge on any atom is -0.326 e. The van der Waals surface area contributed by atoms with Gasteiger partial charge in [0.15, 0.2) is 0 Å². The van der Waals surface area contributed by atoms with E-state index in [-0.39, 0.29) is 22.1 Å². The monoisotopic (exact) mass is 366 g/mol. The molecule has 0 spiro atoms. The third kappa shape index (κ3) is 5.25. The summed E-state index contributed by atoms with van der Waals surface area (Å²) in [5.74, 6) is -0.835. The lowest BCUT2D eigenvalue weighted by molar-refractivity contribution is -0.115. The number of thioether (sulfide) groups is 1. The number of anilines is 2. The first-order valence-corrected chi connectivity index (χ1v) is 8.41. The molecular weight excluding hydrogens is 351 g/mol. The lowest BCUT2D eigenvalue weighted by Gasteiger charge is -2.13. The summed E-state index contributed by atoms with van der Waals surface area (Å²) in [5, 5.41) is 5.13. The topological polar surface area (TPSA) is 58.2 Å². The molecule has 2 rings (SSSR count). The summed E-state index contributed by atoms with van der Waals surface area (Å²) in [6.45, 7) is 3.20. The van der Waals surface area contributed by atoms with Crippen LogP contribution in [0.5, 0.6) is 0 Å². The van der Waals surface area contributed by atoms with Gasteiger partial charge in [-0.25, -0.2) is 4.39 Å². The van der Waals surface area contributed by atoms with E-state index in [4.69, 9.17) is 11.6 Å². The standard InChI is InChI=1S/C17H16ClFN2O2S/c1-10(17(23)21-16-8-3-12(19)9-15(16)18)24-14-6-4-13(5-7-14)20-11(2)22/h3-10H,1-2H3,(H,20,22)(H,21,23)/t10-/m0/s1. The van der Waals surface area contributed by atoms with E-state index in [2.05, 4.69) is 10.6 Å². The Morgan fingerprint density at radius 2 is 1.79 bits per heavy atom. The van der Waals surface area contributed by atoms with Crippen molar-refractivity contribution in [3.05, 3.63) is 53.3 Å². The highest BCUT2D eigenvalue weighted by Gasteiger charge is 2.16. The molecule has 4 nitrogen and oxygen atoms in total. The van der Waals surface area contributed by atoms with Gasteiger partial charge >= 0.3 is 0 Å². The first-order valence-electron chi connectivity index (χ1n) is 7.15. The normalized spacial score (nSPS) is 11.7. The van der Waals surface area contributed by atoms with Gasteiger partial charge in [-0.1, -0.05) is 11.6 Å². The average Bonchev–Trinajstić information content (AvgIpc) is 2.51. The number of nitrogens with one attached hydrogen (secondary N) is 2. The van der Waals surface area contributed by atoms with E-state index in [9.17, 15) is 14.0 Å². The fourth-order valence-corrected chi connectivity index (χ4v) is 2.98. The minimum absolute atomic E-state index is 0.140. The van der Waals surface area contributed by atoms with Gasteiger partial charge in [-0.15, -0.1) is 11.8 Å². The van der Waals surface area contributed by atoms with Gasteiger partial charge < -0.3 is 10.6 Å². The predicted molar refractivity (Wildman–Crippen MR) is 96.1 cm³/mol. The van der Waals surface area contributed by atoms with Crippen LogP contribution in [-0.4, -0.2) is 17.1 Å². The van der Waals surface area contributed by atoms with Crippen molar-refractivity contribution in [2.24, 2.45) is 0 Å². The molecule has 2 amide bonds. The fraction of sp³-hybridized carbons (Fsp3) is 0.176.